The summed E-state index contributed by atoms with van der Waals surface area (Å²) in [4.78, 5) is 24.5. The zero-order chi connectivity index (χ0) is 51.4. The average Bonchev–Trinajstić information content (AvgIpc) is 3.37. The van der Waals surface area contributed by atoms with Gasteiger partial charge in [0.2, 0.25) is 5.91 Å². The van der Waals surface area contributed by atoms with Crippen molar-refractivity contribution >= 4 is 11.9 Å². The Morgan fingerprint density at radius 2 is 0.577 bits per heavy atom. The van der Waals surface area contributed by atoms with Crippen LogP contribution in [0.15, 0.2) is 0 Å². The molecule has 0 aromatic rings. The Morgan fingerprint density at radius 3 is 0.859 bits per heavy atom. The van der Waals surface area contributed by atoms with Crippen molar-refractivity contribution in [2.45, 2.75) is 392 Å². The topological polar surface area (TPSA) is 95.9 Å². The van der Waals surface area contributed by atoms with Crippen LogP contribution >= 0.6 is 0 Å². The van der Waals surface area contributed by atoms with E-state index in [1.807, 2.05) is 0 Å². The third-order valence-electron chi connectivity index (χ3n) is 15.7. The number of hydrogen-bond acceptors (Lipinski definition) is 5. The molecule has 6 heteroatoms. The third-order valence-corrected chi connectivity index (χ3v) is 15.7. The SMILES string of the molecule is CCCCCCCCCCCCCCCCCCCCCCC(O)C(CO)NC(=O)CCCCCCCCCCCCCCCCCCCCCCCCOC(=O)CCCCCCCCCCCCCC. The van der Waals surface area contributed by atoms with E-state index in [1.165, 1.54) is 308 Å². The third kappa shape index (κ3) is 58.0. The second-order valence-corrected chi connectivity index (χ2v) is 22.8. The standard InChI is InChI=1S/C65H129NO5/c1-3-5-7-9-11-13-15-17-18-19-20-25-28-31-34-37-41-45-49-53-57-63(68)62(61-67)66-64(69)58-54-50-46-42-38-35-32-29-26-23-21-22-24-27-30-33-36-40-44-48-52-56-60-71-65(70)59-55-51-47-43-39-16-14-12-10-8-6-4-2/h62-63,67-68H,3-61H2,1-2H3,(H,66,69). The molecular formula is C65H129NO5. The fourth-order valence-corrected chi connectivity index (χ4v) is 10.6. The molecule has 0 aromatic heterocycles. The van der Waals surface area contributed by atoms with E-state index in [1.54, 1.807) is 0 Å². The summed E-state index contributed by atoms with van der Waals surface area (Å²) in [7, 11) is 0. The quantitative estimate of drug-likeness (QED) is 0.0417. The van der Waals surface area contributed by atoms with Gasteiger partial charge in [-0.3, -0.25) is 9.59 Å². The van der Waals surface area contributed by atoms with Crippen LogP contribution in [0.3, 0.4) is 0 Å². The molecule has 424 valence electrons. The van der Waals surface area contributed by atoms with E-state index in [-0.39, 0.29) is 18.5 Å². The highest BCUT2D eigenvalue weighted by Crippen LogP contribution is 2.19. The monoisotopic (exact) mass is 1000 g/mol. The van der Waals surface area contributed by atoms with Crippen LogP contribution in [0.4, 0.5) is 0 Å². The van der Waals surface area contributed by atoms with Gasteiger partial charge < -0.3 is 20.3 Å². The molecule has 0 aromatic carbocycles. The lowest BCUT2D eigenvalue weighted by Gasteiger charge is -2.22. The second kappa shape index (κ2) is 61.4. The molecule has 0 rings (SSSR count). The summed E-state index contributed by atoms with van der Waals surface area (Å²) in [5, 5.41) is 23.4. The Hall–Kier alpha value is -1.14. The van der Waals surface area contributed by atoms with E-state index in [4.69, 9.17) is 4.74 Å². The minimum Gasteiger partial charge on any atom is -0.466 e. The van der Waals surface area contributed by atoms with Gasteiger partial charge in [-0.2, -0.15) is 0 Å². The summed E-state index contributed by atoms with van der Waals surface area (Å²) in [6.45, 7) is 4.99. The first kappa shape index (κ1) is 69.9. The molecule has 1 amide bonds. The molecule has 0 bridgehead atoms. The molecule has 0 fully saturated rings. The Balaban J connectivity index is 3.37. The Labute approximate surface area is 445 Å². The van der Waals surface area contributed by atoms with Crippen LogP contribution in [-0.2, 0) is 14.3 Å². The van der Waals surface area contributed by atoms with Crippen LogP contribution < -0.4 is 5.32 Å². The van der Waals surface area contributed by atoms with E-state index in [2.05, 4.69) is 19.2 Å². The molecule has 0 heterocycles. The van der Waals surface area contributed by atoms with Crippen molar-refractivity contribution in [3.63, 3.8) is 0 Å². The van der Waals surface area contributed by atoms with Gasteiger partial charge in [0.25, 0.3) is 0 Å². The highest BCUT2D eigenvalue weighted by Gasteiger charge is 2.20. The second-order valence-electron chi connectivity index (χ2n) is 22.8. The molecule has 6 nitrogen and oxygen atoms in total. The first-order valence-electron chi connectivity index (χ1n) is 32.8. The maximum atomic E-state index is 12.5. The number of esters is 1. The van der Waals surface area contributed by atoms with Gasteiger partial charge in [0.1, 0.15) is 0 Å². The number of ether oxygens (including phenoxy) is 1. The average molecular weight is 1000 g/mol. The van der Waals surface area contributed by atoms with Crippen LogP contribution in [0.2, 0.25) is 0 Å². The Bertz CT molecular complexity index is 1020. The number of rotatable bonds is 62. The van der Waals surface area contributed by atoms with Crippen LogP contribution in [0.25, 0.3) is 0 Å². The fourth-order valence-electron chi connectivity index (χ4n) is 10.6. The van der Waals surface area contributed by atoms with Gasteiger partial charge in [0.15, 0.2) is 0 Å². The van der Waals surface area contributed by atoms with E-state index in [9.17, 15) is 19.8 Å². The minimum absolute atomic E-state index is 0.0152. The molecule has 71 heavy (non-hydrogen) atoms. The Morgan fingerprint density at radius 1 is 0.338 bits per heavy atom. The molecule has 0 aliphatic carbocycles. The molecule has 0 aliphatic heterocycles. The molecule has 2 unspecified atom stereocenters. The lowest BCUT2D eigenvalue weighted by Crippen LogP contribution is -2.45. The predicted octanol–water partition coefficient (Wildman–Crippen LogP) is 20.6. The van der Waals surface area contributed by atoms with Crippen molar-refractivity contribution in [1.82, 2.24) is 5.32 Å². The van der Waals surface area contributed by atoms with Crippen LogP contribution in [0.1, 0.15) is 380 Å². The van der Waals surface area contributed by atoms with Gasteiger partial charge in [-0.05, 0) is 25.7 Å². The van der Waals surface area contributed by atoms with Crippen LogP contribution in [-0.4, -0.2) is 47.4 Å². The highest BCUT2D eigenvalue weighted by molar-refractivity contribution is 5.76. The smallest absolute Gasteiger partial charge is 0.305 e. The summed E-state index contributed by atoms with van der Waals surface area (Å²) >= 11 is 0. The summed E-state index contributed by atoms with van der Waals surface area (Å²) in [6, 6.07) is -0.541. The number of aliphatic hydroxyl groups is 2. The van der Waals surface area contributed by atoms with Gasteiger partial charge in [-0.1, -0.05) is 341 Å². The first-order chi connectivity index (χ1) is 35.0. The lowest BCUT2D eigenvalue weighted by molar-refractivity contribution is -0.143. The summed E-state index contributed by atoms with van der Waals surface area (Å²) in [5.74, 6) is -0.0151. The molecule has 2 atom stereocenters. The molecule has 3 N–H and O–H groups in total. The fraction of sp³-hybridized carbons (Fsp3) is 0.969. The molecule has 0 spiro atoms. The van der Waals surface area contributed by atoms with Crippen molar-refractivity contribution in [3.8, 4) is 0 Å². The van der Waals surface area contributed by atoms with Crippen molar-refractivity contribution < 1.29 is 24.5 Å². The van der Waals surface area contributed by atoms with Crippen molar-refractivity contribution in [2.24, 2.45) is 0 Å². The predicted molar refractivity (Wildman–Crippen MR) is 310 cm³/mol. The van der Waals surface area contributed by atoms with E-state index >= 15 is 0 Å². The van der Waals surface area contributed by atoms with Crippen molar-refractivity contribution in [3.05, 3.63) is 0 Å². The zero-order valence-electron chi connectivity index (χ0n) is 48.5. The number of carbonyl (C=O) groups is 2. The van der Waals surface area contributed by atoms with Gasteiger partial charge in [0, 0.05) is 12.8 Å². The molecule has 0 saturated carbocycles. The van der Waals surface area contributed by atoms with Gasteiger partial charge in [-0.25, -0.2) is 0 Å². The largest absolute Gasteiger partial charge is 0.466 e. The van der Waals surface area contributed by atoms with Crippen molar-refractivity contribution in [1.29, 1.82) is 0 Å². The Kier molecular flexibility index (Phi) is 60.4. The molecule has 0 saturated heterocycles. The van der Waals surface area contributed by atoms with Crippen LogP contribution in [0, 0.1) is 0 Å². The van der Waals surface area contributed by atoms with Crippen molar-refractivity contribution in [2.75, 3.05) is 13.2 Å². The first-order valence-corrected chi connectivity index (χ1v) is 32.8. The van der Waals surface area contributed by atoms with Gasteiger partial charge in [-0.15, -0.1) is 0 Å². The van der Waals surface area contributed by atoms with E-state index < -0.39 is 12.1 Å². The summed E-state index contributed by atoms with van der Waals surface area (Å²) < 4.78 is 5.48. The maximum Gasteiger partial charge on any atom is 0.305 e. The van der Waals surface area contributed by atoms with Gasteiger partial charge >= 0.3 is 5.97 Å². The summed E-state index contributed by atoms with van der Waals surface area (Å²) in [6.07, 6.45) is 72.7. The number of hydrogen-bond donors (Lipinski definition) is 3. The molecule has 0 radical (unpaired) electrons. The molecular weight excluding hydrogens is 875 g/mol. The number of amides is 1. The lowest BCUT2D eigenvalue weighted by atomic mass is 10.0. The number of carbonyl (C=O) groups excluding carboxylic acids is 2. The summed E-state index contributed by atoms with van der Waals surface area (Å²) in [5.41, 5.74) is 0. The number of aliphatic hydroxyl groups excluding tert-OH is 2. The maximum absolute atomic E-state index is 12.5. The zero-order valence-corrected chi connectivity index (χ0v) is 48.5. The van der Waals surface area contributed by atoms with E-state index in [0.29, 0.717) is 25.9 Å². The van der Waals surface area contributed by atoms with Gasteiger partial charge in [0.05, 0.1) is 25.4 Å². The minimum atomic E-state index is -0.664. The normalized spacial score (nSPS) is 12.5. The number of nitrogens with one attached hydrogen (secondary N) is 1. The molecule has 0 aliphatic rings. The van der Waals surface area contributed by atoms with E-state index in [0.717, 1.165) is 38.5 Å². The van der Waals surface area contributed by atoms with Crippen LogP contribution in [0.5, 0.6) is 0 Å². The highest BCUT2D eigenvalue weighted by atomic mass is 16.5. The number of unbranched alkanes of at least 4 members (excludes halogenated alkanes) is 51.